The van der Waals surface area contributed by atoms with Crippen LogP contribution in [0, 0.1) is 0 Å². The van der Waals surface area contributed by atoms with Crippen molar-refractivity contribution < 1.29 is 8.42 Å². The van der Waals surface area contributed by atoms with Crippen LogP contribution in [-0.4, -0.2) is 26.8 Å². The van der Waals surface area contributed by atoms with Crippen molar-refractivity contribution >= 4 is 9.84 Å². The summed E-state index contributed by atoms with van der Waals surface area (Å²) in [6.45, 7) is 2.42. The third-order valence-corrected chi connectivity index (χ3v) is 5.01. The molecule has 1 aromatic carbocycles. The van der Waals surface area contributed by atoms with Crippen LogP contribution in [0.15, 0.2) is 30.3 Å². The van der Waals surface area contributed by atoms with E-state index in [9.17, 15) is 8.42 Å². The fourth-order valence-corrected chi connectivity index (χ4v) is 3.92. The topological polar surface area (TPSA) is 46.2 Å². The van der Waals surface area contributed by atoms with Gasteiger partial charge in [0.25, 0.3) is 0 Å². The fourth-order valence-electron chi connectivity index (χ4n) is 1.95. The highest BCUT2D eigenvalue weighted by Crippen LogP contribution is 2.25. The first-order valence-electron chi connectivity index (χ1n) is 5.09. The van der Waals surface area contributed by atoms with Crippen LogP contribution < -0.4 is 5.32 Å². The van der Waals surface area contributed by atoms with Crippen molar-refractivity contribution in [1.29, 1.82) is 0 Å². The van der Waals surface area contributed by atoms with Gasteiger partial charge < -0.3 is 5.32 Å². The van der Waals surface area contributed by atoms with Gasteiger partial charge in [0.2, 0.25) is 0 Å². The molecule has 0 aromatic heterocycles. The molecule has 0 bridgehead atoms. The summed E-state index contributed by atoms with van der Waals surface area (Å²) in [5.41, 5.74) is 0.886. The second-order valence-corrected chi connectivity index (χ2v) is 6.27. The molecule has 1 aliphatic rings. The van der Waals surface area contributed by atoms with Gasteiger partial charge in [-0.15, -0.1) is 0 Å². The van der Waals surface area contributed by atoms with E-state index in [1.54, 1.807) is 0 Å². The summed E-state index contributed by atoms with van der Waals surface area (Å²) in [7, 11) is -2.99. The molecule has 2 atom stereocenters. The molecule has 0 spiro atoms. The molecule has 2 rings (SSSR count). The zero-order valence-electron chi connectivity index (χ0n) is 8.68. The summed E-state index contributed by atoms with van der Waals surface area (Å²) >= 11 is 0. The Hall–Kier alpha value is -0.870. The van der Waals surface area contributed by atoms with Crippen LogP contribution >= 0.6 is 0 Å². The molecule has 1 saturated heterocycles. The van der Waals surface area contributed by atoms with Crippen molar-refractivity contribution in [3.63, 3.8) is 0 Å². The Morgan fingerprint density at radius 3 is 2.53 bits per heavy atom. The zero-order valence-corrected chi connectivity index (χ0v) is 9.50. The van der Waals surface area contributed by atoms with E-state index in [1.165, 1.54) is 0 Å². The molecule has 1 unspecified atom stereocenters. The largest absolute Gasteiger partial charge is 0.312 e. The number of hydrogen-bond donors (Lipinski definition) is 1. The summed E-state index contributed by atoms with van der Waals surface area (Å²) < 4.78 is 23.9. The maximum atomic E-state index is 12.0. The average molecular weight is 225 g/mol. The van der Waals surface area contributed by atoms with Gasteiger partial charge in [0.05, 0.1) is 11.0 Å². The lowest BCUT2D eigenvalue weighted by Crippen LogP contribution is -2.44. The van der Waals surface area contributed by atoms with E-state index < -0.39 is 9.84 Å². The molecule has 1 N–H and O–H groups in total. The smallest absolute Gasteiger partial charge is 0.160 e. The molecular formula is C11H15NO2S. The van der Waals surface area contributed by atoms with Crippen molar-refractivity contribution in [2.24, 2.45) is 0 Å². The summed E-state index contributed by atoms with van der Waals surface area (Å²) in [4.78, 5) is 0. The van der Waals surface area contributed by atoms with Crippen LogP contribution in [0.4, 0.5) is 0 Å². The quantitative estimate of drug-likeness (QED) is 0.779. The Kier molecular flexibility index (Phi) is 2.80. The van der Waals surface area contributed by atoms with Crippen molar-refractivity contribution in [2.75, 3.05) is 12.3 Å². The minimum absolute atomic E-state index is 0.0648. The standard InChI is InChI=1S/C11H15NO2S/c1-9-8-15(13,14)11(7-12-9)10-5-3-2-4-6-10/h2-6,9,11-12H,7-8H2,1H3/t9-,11?/m0/s1. The highest BCUT2D eigenvalue weighted by molar-refractivity contribution is 7.91. The molecule has 82 valence electrons. The normalized spacial score (nSPS) is 29.9. The van der Waals surface area contributed by atoms with Gasteiger partial charge in [-0.2, -0.15) is 0 Å². The Morgan fingerprint density at radius 1 is 1.27 bits per heavy atom. The SMILES string of the molecule is C[C@H]1CS(=O)(=O)C(c2ccccc2)CN1. The lowest BCUT2D eigenvalue weighted by Gasteiger charge is -2.28. The summed E-state index contributed by atoms with van der Waals surface area (Å²) in [5, 5.41) is 2.83. The monoisotopic (exact) mass is 225 g/mol. The molecule has 0 amide bonds. The van der Waals surface area contributed by atoms with Crippen molar-refractivity contribution in [3.05, 3.63) is 35.9 Å². The first-order valence-corrected chi connectivity index (χ1v) is 6.81. The van der Waals surface area contributed by atoms with Crippen LogP contribution in [-0.2, 0) is 9.84 Å². The molecule has 0 radical (unpaired) electrons. The zero-order chi connectivity index (χ0) is 10.9. The third-order valence-electron chi connectivity index (χ3n) is 2.74. The number of hydrogen-bond acceptors (Lipinski definition) is 3. The van der Waals surface area contributed by atoms with Crippen LogP contribution in [0.5, 0.6) is 0 Å². The van der Waals surface area contributed by atoms with Crippen LogP contribution in [0.25, 0.3) is 0 Å². The van der Waals surface area contributed by atoms with E-state index in [4.69, 9.17) is 0 Å². The maximum Gasteiger partial charge on any atom is 0.160 e. The molecule has 1 aliphatic heterocycles. The second kappa shape index (κ2) is 3.94. The van der Waals surface area contributed by atoms with Crippen LogP contribution in [0.2, 0.25) is 0 Å². The summed E-state index contributed by atoms with van der Waals surface area (Å²) in [6.07, 6.45) is 0. The Labute approximate surface area is 90.4 Å². The molecule has 4 heteroatoms. The number of benzene rings is 1. The van der Waals surface area contributed by atoms with Gasteiger partial charge in [0.1, 0.15) is 0 Å². The molecule has 15 heavy (non-hydrogen) atoms. The van der Waals surface area contributed by atoms with Gasteiger partial charge in [-0.25, -0.2) is 8.42 Å². The van der Waals surface area contributed by atoms with Gasteiger partial charge in [0, 0.05) is 12.6 Å². The number of rotatable bonds is 1. The van der Waals surface area contributed by atoms with Crippen molar-refractivity contribution in [1.82, 2.24) is 5.32 Å². The maximum absolute atomic E-state index is 12.0. The second-order valence-electron chi connectivity index (χ2n) is 4.04. The highest BCUT2D eigenvalue weighted by atomic mass is 32.2. The fraction of sp³-hybridized carbons (Fsp3) is 0.455. The lowest BCUT2D eigenvalue weighted by atomic mass is 10.1. The molecule has 1 aromatic rings. The van der Waals surface area contributed by atoms with Gasteiger partial charge in [0.15, 0.2) is 9.84 Å². The minimum Gasteiger partial charge on any atom is -0.312 e. The van der Waals surface area contributed by atoms with E-state index in [0.717, 1.165) is 5.56 Å². The minimum atomic E-state index is -2.99. The van der Waals surface area contributed by atoms with Crippen LogP contribution in [0.3, 0.4) is 0 Å². The number of nitrogens with one attached hydrogen (secondary N) is 1. The number of sulfone groups is 1. The average Bonchev–Trinajstić information content (AvgIpc) is 2.17. The van der Waals surface area contributed by atoms with E-state index >= 15 is 0 Å². The predicted molar refractivity (Wildman–Crippen MR) is 60.4 cm³/mol. The molecule has 0 aliphatic carbocycles. The predicted octanol–water partition coefficient (Wildman–Crippen LogP) is 1.13. The van der Waals surface area contributed by atoms with Crippen LogP contribution in [0.1, 0.15) is 17.7 Å². The highest BCUT2D eigenvalue weighted by Gasteiger charge is 2.32. The van der Waals surface area contributed by atoms with E-state index in [0.29, 0.717) is 6.54 Å². The van der Waals surface area contributed by atoms with Gasteiger partial charge >= 0.3 is 0 Å². The Morgan fingerprint density at radius 2 is 1.93 bits per heavy atom. The molecule has 1 heterocycles. The Balaban J connectivity index is 2.31. The summed E-state index contributed by atoms with van der Waals surface area (Å²) in [5.74, 6) is 0.229. The van der Waals surface area contributed by atoms with E-state index in [2.05, 4.69) is 5.32 Å². The van der Waals surface area contributed by atoms with Gasteiger partial charge in [-0.3, -0.25) is 0 Å². The van der Waals surface area contributed by atoms with Crippen molar-refractivity contribution in [3.8, 4) is 0 Å². The van der Waals surface area contributed by atoms with Crippen molar-refractivity contribution in [2.45, 2.75) is 18.2 Å². The molecule has 3 nitrogen and oxygen atoms in total. The van der Waals surface area contributed by atoms with Gasteiger partial charge in [-0.1, -0.05) is 30.3 Å². The lowest BCUT2D eigenvalue weighted by molar-refractivity contribution is 0.506. The summed E-state index contributed by atoms with van der Waals surface area (Å²) in [6, 6.07) is 9.47. The molecular weight excluding hydrogens is 210 g/mol. The molecule has 0 saturated carbocycles. The first kappa shape index (κ1) is 10.6. The molecule has 1 fully saturated rings. The van der Waals surface area contributed by atoms with E-state index in [1.807, 2.05) is 37.3 Å². The Bertz CT molecular complexity index is 427. The van der Waals surface area contributed by atoms with E-state index in [-0.39, 0.29) is 17.0 Å². The van der Waals surface area contributed by atoms with Gasteiger partial charge in [-0.05, 0) is 12.5 Å². The first-order chi connectivity index (χ1) is 7.09. The third kappa shape index (κ3) is 2.21.